The number of aliphatic hydroxyl groups excluding tert-OH is 1. The Hall–Kier alpha value is -3.23. The number of carbonyl (C=O) groups is 1. The second kappa shape index (κ2) is 8.43. The maximum atomic E-state index is 13.9. The zero-order valence-corrected chi connectivity index (χ0v) is 13.8. The summed E-state index contributed by atoms with van der Waals surface area (Å²) in [6.45, 7) is 1.32. The molecule has 0 amide bonds. The molecule has 0 aromatic heterocycles. The van der Waals surface area contributed by atoms with Crippen molar-refractivity contribution in [3.8, 4) is 0 Å². The molecule has 0 bridgehead atoms. The summed E-state index contributed by atoms with van der Waals surface area (Å²) < 4.78 is 71.3. The number of rotatable bonds is 5. The Balaban J connectivity index is 2.58. The van der Waals surface area contributed by atoms with Crippen molar-refractivity contribution in [1.82, 2.24) is 0 Å². The topological polar surface area (TPSA) is 58.9 Å². The van der Waals surface area contributed by atoms with Crippen LogP contribution in [0.5, 0.6) is 0 Å². The van der Waals surface area contributed by atoms with Crippen molar-refractivity contribution in [1.29, 1.82) is 0 Å². The molecular formula is C18H12F5NO3. The maximum Gasteiger partial charge on any atom is 0.343 e. The highest BCUT2D eigenvalue weighted by Crippen LogP contribution is 2.26. The predicted molar refractivity (Wildman–Crippen MR) is 87.0 cm³/mol. The van der Waals surface area contributed by atoms with Gasteiger partial charge in [0.05, 0.1) is 17.9 Å². The van der Waals surface area contributed by atoms with Crippen molar-refractivity contribution in [2.24, 2.45) is 4.99 Å². The van der Waals surface area contributed by atoms with Crippen molar-refractivity contribution in [2.75, 3.05) is 6.61 Å². The first kappa shape index (κ1) is 20.1. The summed E-state index contributed by atoms with van der Waals surface area (Å²) in [5.41, 5.74) is -1.69. The molecular weight excluding hydrogens is 373 g/mol. The lowest BCUT2D eigenvalue weighted by Gasteiger charge is -2.09. The third-order valence-electron chi connectivity index (χ3n) is 3.28. The molecule has 0 aliphatic carbocycles. The Kier molecular flexibility index (Phi) is 6.27. The molecule has 142 valence electrons. The van der Waals surface area contributed by atoms with Crippen LogP contribution in [0.25, 0.3) is 5.76 Å². The molecule has 27 heavy (non-hydrogen) atoms. The highest BCUT2D eigenvalue weighted by atomic mass is 19.2. The van der Waals surface area contributed by atoms with Gasteiger partial charge < -0.3 is 9.84 Å². The number of aliphatic imine (C=N–C) groups is 1. The Morgan fingerprint density at radius 3 is 2.30 bits per heavy atom. The highest BCUT2D eigenvalue weighted by Gasteiger charge is 2.25. The quantitative estimate of drug-likeness (QED) is 0.155. The molecule has 4 nitrogen and oxygen atoms in total. The van der Waals surface area contributed by atoms with E-state index in [0.717, 1.165) is 18.3 Å². The standard InChI is InChI=1S/C18H12F5NO3/c1-2-27-18(26)12(8-24-10-5-3-9(19)4-6-10)17(25)11-7-13(20)15(22)16(23)14(11)21/h3-8,25H,2H2,1H3. The molecule has 0 unspecified atom stereocenters. The van der Waals surface area contributed by atoms with Gasteiger partial charge in [0.1, 0.15) is 17.1 Å². The third-order valence-corrected chi connectivity index (χ3v) is 3.28. The van der Waals surface area contributed by atoms with Crippen LogP contribution in [0.15, 0.2) is 40.9 Å². The zero-order valence-electron chi connectivity index (χ0n) is 13.8. The minimum absolute atomic E-state index is 0.130. The predicted octanol–water partition coefficient (Wildman–Crippen LogP) is 4.62. The Morgan fingerprint density at radius 2 is 1.70 bits per heavy atom. The van der Waals surface area contributed by atoms with Crippen LogP contribution >= 0.6 is 0 Å². The molecule has 0 heterocycles. The van der Waals surface area contributed by atoms with E-state index >= 15 is 0 Å². The SMILES string of the molecule is CCOC(=O)C(C=Nc1ccc(F)cc1)=C(O)c1cc(F)c(F)c(F)c1F. The van der Waals surface area contributed by atoms with Gasteiger partial charge in [0.15, 0.2) is 23.3 Å². The van der Waals surface area contributed by atoms with Gasteiger partial charge in [-0.2, -0.15) is 0 Å². The largest absolute Gasteiger partial charge is 0.506 e. The molecule has 0 aliphatic heterocycles. The van der Waals surface area contributed by atoms with Crippen LogP contribution in [0, 0.1) is 29.1 Å². The van der Waals surface area contributed by atoms with Crippen LogP contribution in [0.4, 0.5) is 27.6 Å². The zero-order chi connectivity index (χ0) is 20.1. The molecule has 0 saturated heterocycles. The van der Waals surface area contributed by atoms with Gasteiger partial charge in [0.25, 0.3) is 0 Å². The first-order valence-corrected chi connectivity index (χ1v) is 7.49. The Morgan fingerprint density at radius 1 is 1.07 bits per heavy atom. The van der Waals surface area contributed by atoms with Crippen LogP contribution < -0.4 is 0 Å². The number of nitrogens with zero attached hydrogens (tertiary/aromatic N) is 1. The van der Waals surface area contributed by atoms with E-state index in [1.54, 1.807) is 0 Å². The van der Waals surface area contributed by atoms with Gasteiger partial charge in [0, 0.05) is 6.21 Å². The first-order valence-electron chi connectivity index (χ1n) is 7.49. The van der Waals surface area contributed by atoms with Crippen molar-refractivity contribution in [3.63, 3.8) is 0 Å². The number of esters is 1. The van der Waals surface area contributed by atoms with E-state index in [2.05, 4.69) is 9.73 Å². The molecule has 0 atom stereocenters. The minimum Gasteiger partial charge on any atom is -0.506 e. The van der Waals surface area contributed by atoms with Crippen LogP contribution in [0.1, 0.15) is 12.5 Å². The van der Waals surface area contributed by atoms with Gasteiger partial charge >= 0.3 is 5.97 Å². The molecule has 2 rings (SSSR count). The van der Waals surface area contributed by atoms with E-state index in [9.17, 15) is 31.9 Å². The van der Waals surface area contributed by atoms with Gasteiger partial charge in [-0.3, -0.25) is 4.99 Å². The van der Waals surface area contributed by atoms with Gasteiger partial charge in [-0.05, 0) is 37.3 Å². The second-order valence-corrected chi connectivity index (χ2v) is 5.07. The smallest absolute Gasteiger partial charge is 0.343 e. The summed E-state index contributed by atoms with van der Waals surface area (Å²) in [6.07, 6.45) is 0.749. The molecule has 2 aromatic rings. The molecule has 0 radical (unpaired) electrons. The number of halogens is 5. The molecule has 1 N–H and O–H groups in total. The fourth-order valence-electron chi connectivity index (χ4n) is 1.98. The Bertz CT molecular complexity index is 924. The van der Waals surface area contributed by atoms with Crippen molar-refractivity contribution in [2.45, 2.75) is 6.92 Å². The van der Waals surface area contributed by atoms with Crippen LogP contribution in [-0.2, 0) is 9.53 Å². The number of hydrogen-bond acceptors (Lipinski definition) is 4. The van der Waals surface area contributed by atoms with Crippen molar-refractivity contribution < 1.29 is 36.6 Å². The summed E-state index contributed by atoms with van der Waals surface area (Å²) in [6, 6.07) is 4.82. The number of ether oxygens (including phenoxy) is 1. The second-order valence-electron chi connectivity index (χ2n) is 5.07. The lowest BCUT2D eigenvalue weighted by molar-refractivity contribution is -0.137. The van der Waals surface area contributed by atoms with Gasteiger partial charge in [-0.25, -0.2) is 26.7 Å². The molecule has 0 saturated carbocycles. The molecule has 0 spiro atoms. The van der Waals surface area contributed by atoms with Gasteiger partial charge in [-0.1, -0.05) is 0 Å². The minimum atomic E-state index is -2.16. The average molecular weight is 385 g/mol. The number of aliphatic hydroxyl groups is 1. The Labute approximate surface area is 150 Å². The van der Waals surface area contributed by atoms with E-state index in [-0.39, 0.29) is 18.4 Å². The van der Waals surface area contributed by atoms with Crippen molar-refractivity contribution in [3.05, 3.63) is 70.6 Å². The monoisotopic (exact) mass is 385 g/mol. The number of hydrogen-bond donors (Lipinski definition) is 1. The fraction of sp³-hybridized carbons (Fsp3) is 0.111. The summed E-state index contributed by atoms with van der Waals surface area (Å²) >= 11 is 0. The summed E-state index contributed by atoms with van der Waals surface area (Å²) in [7, 11) is 0. The van der Waals surface area contributed by atoms with E-state index in [1.807, 2.05) is 0 Å². The molecule has 0 aliphatic rings. The first-order chi connectivity index (χ1) is 12.8. The summed E-state index contributed by atoms with van der Waals surface area (Å²) in [5, 5.41) is 10.2. The maximum absolute atomic E-state index is 13.9. The molecule has 0 fully saturated rings. The number of carbonyl (C=O) groups excluding carboxylic acids is 1. The van der Waals surface area contributed by atoms with Crippen molar-refractivity contribution >= 4 is 23.6 Å². The fourth-order valence-corrected chi connectivity index (χ4v) is 1.98. The summed E-state index contributed by atoms with van der Waals surface area (Å²) in [5.74, 6) is -10.8. The van der Waals surface area contributed by atoms with E-state index in [4.69, 9.17) is 0 Å². The normalized spacial score (nSPS) is 12.2. The van der Waals surface area contributed by atoms with E-state index < -0.39 is 52.0 Å². The summed E-state index contributed by atoms with van der Waals surface area (Å²) in [4.78, 5) is 15.8. The number of benzene rings is 2. The third kappa shape index (κ3) is 4.49. The van der Waals surface area contributed by atoms with Crippen LogP contribution in [0.2, 0.25) is 0 Å². The highest BCUT2D eigenvalue weighted by molar-refractivity contribution is 6.15. The van der Waals surface area contributed by atoms with Gasteiger partial charge in [-0.15, -0.1) is 0 Å². The van der Waals surface area contributed by atoms with Crippen LogP contribution in [-0.4, -0.2) is 23.9 Å². The molecule has 9 heteroatoms. The van der Waals surface area contributed by atoms with E-state index in [0.29, 0.717) is 0 Å². The van der Waals surface area contributed by atoms with Gasteiger partial charge in [0.2, 0.25) is 0 Å². The van der Waals surface area contributed by atoms with Crippen LogP contribution in [0.3, 0.4) is 0 Å². The van der Waals surface area contributed by atoms with E-state index in [1.165, 1.54) is 19.1 Å². The average Bonchev–Trinajstić information content (AvgIpc) is 2.64. The lowest BCUT2D eigenvalue weighted by Crippen LogP contribution is -2.12. The molecule has 2 aromatic carbocycles. The lowest BCUT2D eigenvalue weighted by atomic mass is 10.1.